The SMILES string of the molecule is Nc1nnc(-c2ccccc2O)cc1N1CCC[C@@H]2[C@H]1CCN2c1ccnc(C#CCNC(=O)c2cc3ncccn3n2)n1. The van der Waals surface area contributed by atoms with Crippen molar-refractivity contribution in [2.45, 2.75) is 31.3 Å². The molecule has 2 fully saturated rings. The number of carbonyl (C=O) groups excluding carboxylic acids is 1. The lowest BCUT2D eigenvalue weighted by Gasteiger charge is -2.41. The summed E-state index contributed by atoms with van der Waals surface area (Å²) in [4.78, 5) is 30.4. The minimum Gasteiger partial charge on any atom is -0.507 e. The highest BCUT2D eigenvalue weighted by molar-refractivity contribution is 5.93. The van der Waals surface area contributed by atoms with Crippen molar-refractivity contribution in [3.8, 4) is 28.8 Å². The Morgan fingerprint density at radius 2 is 1.91 bits per heavy atom. The van der Waals surface area contributed by atoms with Gasteiger partial charge in [0, 0.05) is 43.3 Å². The van der Waals surface area contributed by atoms with Gasteiger partial charge in [-0.3, -0.25) is 4.79 Å². The van der Waals surface area contributed by atoms with E-state index >= 15 is 0 Å². The predicted octanol–water partition coefficient (Wildman–Crippen LogP) is 2.29. The number of hydrogen-bond donors (Lipinski definition) is 3. The second-order valence-electron chi connectivity index (χ2n) is 10.6. The van der Waals surface area contributed by atoms with E-state index in [-0.39, 0.29) is 36.0 Å². The largest absolute Gasteiger partial charge is 0.507 e. The number of nitrogens with zero attached hydrogens (tertiary/aromatic N) is 9. The second-order valence-corrected chi connectivity index (χ2v) is 10.6. The van der Waals surface area contributed by atoms with Gasteiger partial charge in [-0.25, -0.2) is 19.5 Å². The van der Waals surface area contributed by atoms with E-state index in [4.69, 9.17) is 10.7 Å². The molecule has 0 radical (unpaired) electrons. The third-order valence-electron chi connectivity index (χ3n) is 8.04. The number of aromatic hydroxyl groups is 1. The van der Waals surface area contributed by atoms with Crippen molar-refractivity contribution < 1.29 is 9.90 Å². The van der Waals surface area contributed by atoms with Crippen LogP contribution in [-0.4, -0.2) is 77.5 Å². The summed E-state index contributed by atoms with van der Waals surface area (Å²) in [5.74, 6) is 7.30. The van der Waals surface area contributed by atoms with Crippen LogP contribution in [0.4, 0.5) is 17.3 Å². The fourth-order valence-corrected chi connectivity index (χ4v) is 6.06. The van der Waals surface area contributed by atoms with Gasteiger partial charge in [0.25, 0.3) is 5.91 Å². The number of aromatic nitrogens is 7. The number of nitrogen functional groups attached to an aromatic ring is 1. The van der Waals surface area contributed by atoms with Crippen LogP contribution in [0.15, 0.2) is 67.1 Å². The van der Waals surface area contributed by atoms with Crippen LogP contribution in [0.3, 0.4) is 0 Å². The summed E-state index contributed by atoms with van der Waals surface area (Å²) in [7, 11) is 0. The Kier molecular flexibility index (Phi) is 7.07. The zero-order valence-corrected chi connectivity index (χ0v) is 23.7. The highest BCUT2D eigenvalue weighted by atomic mass is 16.3. The molecule has 4 N–H and O–H groups in total. The van der Waals surface area contributed by atoms with Gasteiger partial charge in [-0.2, -0.15) is 5.10 Å². The van der Waals surface area contributed by atoms with Gasteiger partial charge in [0.2, 0.25) is 5.82 Å². The lowest BCUT2D eigenvalue weighted by Crippen LogP contribution is -2.50. The number of para-hydroxylation sites is 1. The van der Waals surface area contributed by atoms with Gasteiger partial charge in [0.1, 0.15) is 11.6 Å². The quantitative estimate of drug-likeness (QED) is 0.259. The average molecular weight is 588 g/mol. The van der Waals surface area contributed by atoms with Gasteiger partial charge in [-0.15, -0.1) is 10.2 Å². The number of phenols is 1. The van der Waals surface area contributed by atoms with Crippen molar-refractivity contribution in [2.24, 2.45) is 0 Å². The van der Waals surface area contributed by atoms with Crippen LogP contribution in [0, 0.1) is 11.8 Å². The van der Waals surface area contributed by atoms with Crippen molar-refractivity contribution in [3.05, 3.63) is 78.6 Å². The number of hydrogen-bond acceptors (Lipinski definition) is 11. The first kappa shape index (κ1) is 27.1. The number of amides is 1. The molecule has 6 heterocycles. The molecule has 2 atom stereocenters. The number of nitrogens with two attached hydrogens (primary N) is 1. The summed E-state index contributed by atoms with van der Waals surface area (Å²) in [5.41, 5.74) is 9.24. The predicted molar refractivity (Wildman–Crippen MR) is 164 cm³/mol. The van der Waals surface area contributed by atoms with Crippen LogP contribution in [0.25, 0.3) is 16.9 Å². The molecule has 2 saturated heterocycles. The average Bonchev–Trinajstić information content (AvgIpc) is 3.69. The third kappa shape index (κ3) is 5.17. The van der Waals surface area contributed by atoms with Crippen molar-refractivity contribution >= 4 is 28.9 Å². The molecule has 0 bridgehead atoms. The minimum atomic E-state index is -0.331. The molecule has 13 nitrogen and oxygen atoms in total. The van der Waals surface area contributed by atoms with Crippen molar-refractivity contribution in [1.82, 2.24) is 40.1 Å². The molecule has 5 aromatic rings. The number of piperidine rings is 1. The number of phenolic OH excluding ortho intramolecular Hbond substituents is 1. The molecule has 0 saturated carbocycles. The number of fused-ring (bicyclic) bond motifs is 2. The molecular weight excluding hydrogens is 558 g/mol. The van der Waals surface area contributed by atoms with E-state index in [9.17, 15) is 9.90 Å². The van der Waals surface area contributed by atoms with Gasteiger partial charge < -0.3 is 26.0 Å². The zero-order chi connectivity index (χ0) is 30.0. The van der Waals surface area contributed by atoms with Gasteiger partial charge in [0.15, 0.2) is 17.2 Å². The summed E-state index contributed by atoms with van der Waals surface area (Å²) in [6, 6.07) is 14.7. The standard InChI is InChI=1S/C31H29N11O2/c32-30-25(18-21(37-38-30)20-6-1-2-8-26(20)43)40-15-4-7-23-24(40)11-17-41(23)28-10-14-33-27(36-28)9-3-12-35-31(44)22-19-29-34-13-5-16-42(29)39-22/h1-2,5-6,8,10,13-14,16,18-19,23-24,43H,4,7,11-12,15,17H2,(H2,32,38)(H,35,44)/t23-,24-/m1/s1. The van der Waals surface area contributed by atoms with E-state index in [0.29, 0.717) is 28.5 Å². The Morgan fingerprint density at radius 3 is 2.80 bits per heavy atom. The van der Waals surface area contributed by atoms with E-state index in [1.807, 2.05) is 24.3 Å². The number of anilines is 3. The third-order valence-corrected chi connectivity index (χ3v) is 8.04. The normalized spacial score (nSPS) is 17.6. The van der Waals surface area contributed by atoms with Gasteiger partial charge >= 0.3 is 0 Å². The summed E-state index contributed by atoms with van der Waals surface area (Å²) < 4.78 is 1.55. The first-order valence-electron chi connectivity index (χ1n) is 14.4. The van der Waals surface area contributed by atoms with Crippen molar-refractivity contribution in [1.29, 1.82) is 0 Å². The number of benzene rings is 1. The minimum absolute atomic E-state index is 0.126. The molecule has 4 aromatic heterocycles. The first-order valence-corrected chi connectivity index (χ1v) is 14.4. The molecule has 1 aromatic carbocycles. The zero-order valence-electron chi connectivity index (χ0n) is 23.7. The smallest absolute Gasteiger partial charge is 0.272 e. The van der Waals surface area contributed by atoms with Crippen LogP contribution in [-0.2, 0) is 0 Å². The molecule has 220 valence electrons. The topological polar surface area (TPSA) is 164 Å². The summed E-state index contributed by atoms with van der Waals surface area (Å²) in [6.45, 7) is 1.80. The first-order chi connectivity index (χ1) is 21.5. The second kappa shape index (κ2) is 11.5. The van der Waals surface area contributed by atoms with Crippen LogP contribution in [0.5, 0.6) is 5.75 Å². The molecule has 2 aliphatic rings. The molecule has 44 heavy (non-hydrogen) atoms. The van der Waals surface area contributed by atoms with Gasteiger partial charge in [-0.05, 0) is 55.5 Å². The van der Waals surface area contributed by atoms with Crippen molar-refractivity contribution in [3.63, 3.8) is 0 Å². The fraction of sp³-hybridized carbons (Fsp3) is 0.258. The lowest BCUT2D eigenvalue weighted by atomic mass is 9.96. The van der Waals surface area contributed by atoms with Gasteiger partial charge in [0.05, 0.1) is 30.0 Å². The maximum Gasteiger partial charge on any atom is 0.272 e. The van der Waals surface area contributed by atoms with E-state index in [2.05, 4.69) is 52.2 Å². The summed E-state index contributed by atoms with van der Waals surface area (Å²) in [6.07, 6.45) is 8.01. The Bertz CT molecular complexity index is 1880. The van der Waals surface area contributed by atoms with Crippen molar-refractivity contribution in [2.75, 3.05) is 35.2 Å². The van der Waals surface area contributed by atoms with Crippen LogP contribution < -0.4 is 20.9 Å². The molecule has 7 rings (SSSR count). The number of nitrogens with one attached hydrogen (secondary N) is 1. The summed E-state index contributed by atoms with van der Waals surface area (Å²) in [5, 5.41) is 25.8. The van der Waals surface area contributed by atoms with E-state index < -0.39 is 0 Å². The van der Waals surface area contributed by atoms with Crippen LogP contribution in [0.1, 0.15) is 35.6 Å². The molecule has 0 unspecified atom stereocenters. The summed E-state index contributed by atoms with van der Waals surface area (Å²) >= 11 is 0. The molecule has 0 aliphatic carbocycles. The van der Waals surface area contributed by atoms with Crippen LogP contribution >= 0.6 is 0 Å². The van der Waals surface area contributed by atoms with E-state index in [1.165, 1.54) is 0 Å². The van der Waals surface area contributed by atoms with Crippen LogP contribution in [0.2, 0.25) is 0 Å². The van der Waals surface area contributed by atoms with Gasteiger partial charge in [-0.1, -0.05) is 18.1 Å². The molecule has 13 heteroatoms. The Labute approximate surface area is 252 Å². The van der Waals surface area contributed by atoms with E-state index in [0.717, 1.165) is 43.9 Å². The molecule has 1 amide bonds. The maximum atomic E-state index is 12.5. The molecular formula is C31H29N11O2. The number of rotatable bonds is 5. The maximum absolute atomic E-state index is 12.5. The highest BCUT2D eigenvalue weighted by Crippen LogP contribution is 2.39. The fourth-order valence-electron chi connectivity index (χ4n) is 6.06. The Balaban J connectivity index is 1.04. The number of carbonyl (C=O) groups is 1. The molecule has 2 aliphatic heterocycles. The highest BCUT2D eigenvalue weighted by Gasteiger charge is 2.41. The Hall–Kier alpha value is -5.77. The Morgan fingerprint density at radius 1 is 1.02 bits per heavy atom. The molecule has 0 spiro atoms. The lowest BCUT2D eigenvalue weighted by molar-refractivity contribution is 0.0953. The van der Waals surface area contributed by atoms with E-state index in [1.54, 1.807) is 47.4 Å². The monoisotopic (exact) mass is 587 g/mol.